The molecule has 5 heteroatoms. The molecule has 19 heavy (non-hydrogen) atoms. The van der Waals surface area contributed by atoms with E-state index in [0.29, 0.717) is 16.1 Å². The van der Waals surface area contributed by atoms with Crippen LogP contribution in [0.1, 0.15) is 25.5 Å². The Morgan fingerprint density at radius 2 is 2.00 bits per heavy atom. The number of hydrogen-bond acceptors (Lipinski definition) is 4. The van der Waals surface area contributed by atoms with Crippen LogP contribution in [0.5, 0.6) is 0 Å². The first-order valence-electron chi connectivity index (χ1n) is 6.58. The minimum absolute atomic E-state index is 0.330. The third-order valence-electron chi connectivity index (χ3n) is 3.62. The second kappa shape index (κ2) is 4.72. The average molecular weight is 278 g/mol. The van der Waals surface area contributed by atoms with Crippen molar-refractivity contribution in [2.75, 3.05) is 23.3 Å². The van der Waals surface area contributed by atoms with Crippen LogP contribution in [0.4, 0.5) is 11.4 Å². The fraction of sp³-hybridized carbons (Fsp3) is 0.500. The molecular weight excluding hydrogens is 260 g/mol. The number of benzene rings is 1. The van der Waals surface area contributed by atoms with Crippen molar-refractivity contribution in [3.05, 3.63) is 23.8 Å². The Labute approximate surface area is 117 Å². The van der Waals surface area contributed by atoms with E-state index >= 15 is 0 Å². The number of amides is 1. The summed E-state index contributed by atoms with van der Waals surface area (Å²) >= 11 is 2.01. The van der Waals surface area contributed by atoms with E-state index in [1.807, 2.05) is 30.0 Å². The number of fused-ring (bicyclic) bond motifs is 1. The lowest BCUT2D eigenvalue weighted by atomic mass is 10.1. The Balaban J connectivity index is 1.87. The summed E-state index contributed by atoms with van der Waals surface area (Å²) in [6, 6.07) is 5.82. The van der Waals surface area contributed by atoms with Gasteiger partial charge in [0.1, 0.15) is 0 Å². The number of nitrogens with zero attached hydrogens (tertiary/aromatic N) is 1. The number of nitrogens with one attached hydrogen (secondary N) is 1. The molecule has 0 spiro atoms. The highest BCUT2D eigenvalue weighted by Gasteiger charge is 2.29. The standard InChI is InChI=1S/C14H18N2O2S/c1-8-6-16(7-9(2)19-8)10-3-4-11-12(5-10)15-14(18)13(11)17/h3-5,8-9,13,17H,6-7H2,1-2H3,(H,15,18). The number of thioether (sulfide) groups is 1. The molecule has 1 saturated heterocycles. The van der Waals surface area contributed by atoms with Crippen LogP contribution in [0.2, 0.25) is 0 Å². The summed E-state index contributed by atoms with van der Waals surface area (Å²) < 4.78 is 0. The Bertz CT molecular complexity index is 510. The van der Waals surface area contributed by atoms with Gasteiger partial charge in [0.15, 0.2) is 6.10 Å². The van der Waals surface area contributed by atoms with Gasteiger partial charge in [0.05, 0.1) is 0 Å². The SMILES string of the molecule is CC1CN(c2ccc3c(c2)NC(=O)C3O)CC(C)S1. The zero-order valence-electron chi connectivity index (χ0n) is 11.1. The molecule has 102 valence electrons. The minimum Gasteiger partial charge on any atom is -0.378 e. The van der Waals surface area contributed by atoms with Crippen LogP contribution < -0.4 is 10.2 Å². The van der Waals surface area contributed by atoms with Crippen molar-refractivity contribution in [1.82, 2.24) is 0 Å². The molecule has 2 heterocycles. The molecule has 3 rings (SSSR count). The van der Waals surface area contributed by atoms with Gasteiger partial charge in [-0.25, -0.2) is 0 Å². The fourth-order valence-corrected chi connectivity index (χ4v) is 4.14. The Hall–Kier alpha value is -1.20. The summed E-state index contributed by atoms with van der Waals surface area (Å²) in [6.07, 6.45) is -1.01. The van der Waals surface area contributed by atoms with E-state index < -0.39 is 6.10 Å². The first-order chi connectivity index (χ1) is 9.04. The van der Waals surface area contributed by atoms with Gasteiger partial charge in [-0.05, 0) is 12.1 Å². The van der Waals surface area contributed by atoms with Crippen LogP contribution >= 0.6 is 11.8 Å². The summed E-state index contributed by atoms with van der Waals surface area (Å²) in [5, 5.41) is 13.7. The molecule has 2 aliphatic rings. The van der Waals surface area contributed by atoms with Crippen molar-refractivity contribution in [3.63, 3.8) is 0 Å². The number of aliphatic hydroxyl groups is 1. The maximum atomic E-state index is 11.4. The van der Waals surface area contributed by atoms with E-state index in [4.69, 9.17) is 0 Å². The largest absolute Gasteiger partial charge is 0.378 e. The molecule has 0 radical (unpaired) electrons. The molecule has 2 N–H and O–H groups in total. The Morgan fingerprint density at radius 1 is 1.32 bits per heavy atom. The van der Waals surface area contributed by atoms with Crippen LogP contribution in [-0.4, -0.2) is 34.6 Å². The average Bonchev–Trinajstić information content (AvgIpc) is 2.63. The van der Waals surface area contributed by atoms with E-state index in [2.05, 4.69) is 24.1 Å². The lowest BCUT2D eigenvalue weighted by Gasteiger charge is -2.36. The third-order valence-corrected chi connectivity index (χ3v) is 4.85. The highest BCUT2D eigenvalue weighted by Crippen LogP contribution is 2.35. The summed E-state index contributed by atoms with van der Waals surface area (Å²) in [6.45, 7) is 6.52. The van der Waals surface area contributed by atoms with Gasteiger partial charge in [0.25, 0.3) is 5.91 Å². The maximum absolute atomic E-state index is 11.4. The minimum atomic E-state index is -1.01. The van der Waals surface area contributed by atoms with Gasteiger partial charge in [0, 0.05) is 40.5 Å². The van der Waals surface area contributed by atoms with Crippen LogP contribution in [-0.2, 0) is 4.79 Å². The highest BCUT2D eigenvalue weighted by molar-refractivity contribution is 8.00. The van der Waals surface area contributed by atoms with Gasteiger partial charge in [-0.15, -0.1) is 0 Å². The van der Waals surface area contributed by atoms with Gasteiger partial charge in [-0.3, -0.25) is 4.79 Å². The van der Waals surface area contributed by atoms with Crippen molar-refractivity contribution >= 4 is 29.0 Å². The lowest BCUT2D eigenvalue weighted by Crippen LogP contribution is -2.40. The van der Waals surface area contributed by atoms with E-state index in [1.54, 1.807) is 0 Å². The maximum Gasteiger partial charge on any atom is 0.257 e. The van der Waals surface area contributed by atoms with E-state index in [9.17, 15) is 9.90 Å². The Morgan fingerprint density at radius 3 is 2.68 bits per heavy atom. The van der Waals surface area contributed by atoms with Crippen molar-refractivity contribution in [3.8, 4) is 0 Å². The zero-order valence-corrected chi connectivity index (χ0v) is 11.9. The van der Waals surface area contributed by atoms with Crippen LogP contribution in [0.25, 0.3) is 0 Å². The molecule has 4 nitrogen and oxygen atoms in total. The molecule has 1 aromatic rings. The lowest BCUT2D eigenvalue weighted by molar-refractivity contribution is -0.123. The monoisotopic (exact) mass is 278 g/mol. The van der Waals surface area contributed by atoms with Crippen molar-refractivity contribution in [2.24, 2.45) is 0 Å². The van der Waals surface area contributed by atoms with Crippen LogP contribution in [0, 0.1) is 0 Å². The number of aliphatic hydroxyl groups excluding tert-OH is 1. The molecule has 0 aromatic heterocycles. The summed E-state index contributed by atoms with van der Waals surface area (Å²) in [5.41, 5.74) is 2.54. The van der Waals surface area contributed by atoms with E-state index in [-0.39, 0.29) is 5.91 Å². The number of rotatable bonds is 1. The first kappa shape index (κ1) is 12.8. The van der Waals surface area contributed by atoms with Crippen molar-refractivity contribution < 1.29 is 9.90 Å². The quantitative estimate of drug-likeness (QED) is 0.825. The van der Waals surface area contributed by atoms with Crippen LogP contribution in [0.15, 0.2) is 18.2 Å². The third kappa shape index (κ3) is 2.32. The first-order valence-corrected chi connectivity index (χ1v) is 7.52. The van der Waals surface area contributed by atoms with Gasteiger partial charge >= 0.3 is 0 Å². The molecule has 1 aromatic carbocycles. The molecule has 0 bridgehead atoms. The van der Waals surface area contributed by atoms with E-state index in [1.165, 1.54) is 0 Å². The smallest absolute Gasteiger partial charge is 0.257 e. The second-order valence-corrected chi connectivity index (χ2v) is 7.21. The second-order valence-electron chi connectivity index (χ2n) is 5.33. The predicted octanol–water partition coefficient (Wildman–Crippen LogP) is 2.00. The number of carbonyl (C=O) groups is 1. The molecule has 1 fully saturated rings. The van der Waals surface area contributed by atoms with Crippen molar-refractivity contribution in [1.29, 1.82) is 0 Å². The van der Waals surface area contributed by atoms with Gasteiger partial charge < -0.3 is 15.3 Å². The van der Waals surface area contributed by atoms with Gasteiger partial charge in [-0.1, -0.05) is 19.9 Å². The molecule has 3 unspecified atom stereocenters. The molecule has 0 saturated carbocycles. The summed E-state index contributed by atoms with van der Waals surface area (Å²) in [4.78, 5) is 13.8. The normalized spacial score (nSPS) is 30.2. The summed E-state index contributed by atoms with van der Waals surface area (Å²) in [5.74, 6) is -0.330. The number of hydrogen-bond donors (Lipinski definition) is 2. The van der Waals surface area contributed by atoms with Crippen LogP contribution in [0.3, 0.4) is 0 Å². The zero-order chi connectivity index (χ0) is 13.6. The molecule has 2 aliphatic heterocycles. The topological polar surface area (TPSA) is 52.6 Å². The number of carbonyl (C=O) groups excluding carboxylic acids is 1. The van der Waals surface area contributed by atoms with Crippen molar-refractivity contribution in [2.45, 2.75) is 30.5 Å². The highest BCUT2D eigenvalue weighted by atomic mass is 32.2. The fourth-order valence-electron chi connectivity index (χ4n) is 2.82. The Kier molecular flexibility index (Phi) is 3.19. The van der Waals surface area contributed by atoms with Gasteiger partial charge in [0.2, 0.25) is 0 Å². The molecule has 0 aliphatic carbocycles. The molecular formula is C14H18N2O2S. The predicted molar refractivity (Wildman–Crippen MR) is 78.8 cm³/mol. The molecule has 1 amide bonds. The summed E-state index contributed by atoms with van der Waals surface area (Å²) in [7, 11) is 0. The number of anilines is 2. The van der Waals surface area contributed by atoms with Gasteiger partial charge in [-0.2, -0.15) is 11.8 Å². The molecule has 3 atom stereocenters. The van der Waals surface area contributed by atoms with E-state index in [0.717, 1.165) is 24.5 Å².